The standard InChI is InChI=1S/C40H46N6O6/c1-40(2)34(27-51-37-13-11-33(24-43-15-17-48)39(46-37)52-26-30-18-29(20-41)21-44-22-30)8-5-9-35(40)31-7-4-6-28(19-31)25-50-36-12-10-32(23-42-14-16-47)38(45-36)49-3/h4-13,18-19,21-22,34,42-43,47-48H,14-17,23-27H2,1-3H3. The van der Waals surface area contributed by atoms with E-state index in [0.717, 1.165) is 27.8 Å². The topological polar surface area (TPSA) is 164 Å². The van der Waals surface area contributed by atoms with Crippen LogP contribution in [0.5, 0.6) is 23.5 Å². The molecule has 4 aromatic rings. The fourth-order valence-electron chi connectivity index (χ4n) is 5.85. The SMILES string of the molecule is COc1nc(OCc2cccc(C3=CC=CC(COc4ccc(CNCCO)c(OCc5cncc(C#N)c5)n4)C3(C)C)c2)ccc1CNCCO. The molecule has 3 heterocycles. The van der Waals surface area contributed by atoms with Crippen molar-refractivity contribution in [3.63, 3.8) is 0 Å². The summed E-state index contributed by atoms with van der Waals surface area (Å²) in [5, 5.41) is 33.8. The van der Waals surface area contributed by atoms with Gasteiger partial charge in [-0.1, -0.05) is 50.3 Å². The Kier molecular flexibility index (Phi) is 13.7. The third-order valence-electron chi connectivity index (χ3n) is 8.79. The Labute approximate surface area is 304 Å². The maximum Gasteiger partial charge on any atom is 0.221 e. The van der Waals surface area contributed by atoms with Gasteiger partial charge < -0.3 is 39.8 Å². The molecule has 0 fully saturated rings. The van der Waals surface area contributed by atoms with Crippen molar-refractivity contribution in [3.8, 4) is 29.6 Å². The molecule has 0 saturated carbocycles. The lowest BCUT2D eigenvalue weighted by atomic mass is 9.68. The van der Waals surface area contributed by atoms with E-state index in [4.69, 9.17) is 29.0 Å². The molecule has 1 unspecified atom stereocenters. The molecule has 12 heteroatoms. The first-order chi connectivity index (χ1) is 25.3. The molecule has 1 atom stereocenters. The number of hydrogen-bond acceptors (Lipinski definition) is 12. The summed E-state index contributed by atoms with van der Waals surface area (Å²) in [5.41, 5.74) is 5.92. The summed E-state index contributed by atoms with van der Waals surface area (Å²) in [6.07, 6.45) is 9.56. The fourth-order valence-corrected chi connectivity index (χ4v) is 5.85. The maximum atomic E-state index is 9.24. The Morgan fingerprint density at radius 1 is 0.827 bits per heavy atom. The average Bonchev–Trinajstić information content (AvgIpc) is 3.16. The smallest absolute Gasteiger partial charge is 0.221 e. The van der Waals surface area contributed by atoms with Crippen LogP contribution in [0.2, 0.25) is 0 Å². The number of pyridine rings is 3. The first-order valence-electron chi connectivity index (χ1n) is 17.2. The summed E-state index contributed by atoms with van der Waals surface area (Å²) in [5.74, 6) is 1.83. The molecule has 4 N–H and O–H groups in total. The van der Waals surface area contributed by atoms with Gasteiger partial charge >= 0.3 is 0 Å². The minimum Gasteiger partial charge on any atom is -0.481 e. The van der Waals surface area contributed by atoms with Gasteiger partial charge in [-0.15, -0.1) is 0 Å². The molecule has 1 aromatic carbocycles. The molecular formula is C40H46N6O6. The van der Waals surface area contributed by atoms with Gasteiger partial charge in [-0.2, -0.15) is 15.2 Å². The molecule has 1 aliphatic carbocycles. The van der Waals surface area contributed by atoms with Crippen LogP contribution in [-0.4, -0.2) is 65.2 Å². The van der Waals surface area contributed by atoms with E-state index in [0.29, 0.717) is 68.5 Å². The van der Waals surface area contributed by atoms with Crippen LogP contribution in [0, 0.1) is 22.7 Å². The summed E-state index contributed by atoms with van der Waals surface area (Å²) in [7, 11) is 1.58. The Balaban J connectivity index is 1.23. The number of rotatable bonds is 19. The van der Waals surface area contributed by atoms with E-state index in [1.54, 1.807) is 19.4 Å². The van der Waals surface area contributed by atoms with Crippen molar-refractivity contribution in [3.05, 3.63) is 119 Å². The highest BCUT2D eigenvalue weighted by atomic mass is 16.5. The lowest BCUT2D eigenvalue weighted by molar-refractivity contribution is 0.199. The monoisotopic (exact) mass is 706 g/mol. The van der Waals surface area contributed by atoms with Gasteiger partial charge in [-0.3, -0.25) is 4.98 Å². The van der Waals surface area contributed by atoms with Crippen LogP contribution in [0.25, 0.3) is 5.57 Å². The van der Waals surface area contributed by atoms with E-state index in [-0.39, 0.29) is 31.2 Å². The average molecular weight is 707 g/mol. The molecule has 272 valence electrons. The van der Waals surface area contributed by atoms with E-state index < -0.39 is 0 Å². The van der Waals surface area contributed by atoms with Crippen molar-refractivity contribution in [2.24, 2.45) is 11.3 Å². The molecule has 0 aliphatic heterocycles. The van der Waals surface area contributed by atoms with Crippen LogP contribution in [0.1, 0.15) is 47.2 Å². The highest BCUT2D eigenvalue weighted by Gasteiger charge is 2.34. The first kappa shape index (κ1) is 37.9. The largest absolute Gasteiger partial charge is 0.481 e. The Morgan fingerprint density at radius 2 is 1.52 bits per heavy atom. The van der Waals surface area contributed by atoms with Gasteiger partial charge in [0.15, 0.2) is 0 Å². The summed E-state index contributed by atoms with van der Waals surface area (Å²) >= 11 is 0. The number of nitrogens with one attached hydrogen (secondary N) is 2. The molecule has 52 heavy (non-hydrogen) atoms. The molecule has 0 amide bonds. The quantitative estimate of drug-likeness (QED) is 0.0992. The Bertz CT molecular complexity index is 1890. The van der Waals surface area contributed by atoms with Crippen molar-refractivity contribution < 1.29 is 29.2 Å². The molecular weight excluding hydrogens is 660 g/mol. The van der Waals surface area contributed by atoms with Crippen molar-refractivity contribution in [1.82, 2.24) is 25.6 Å². The number of allylic oxidation sites excluding steroid dienone is 3. The normalized spacial score (nSPS) is 14.7. The molecule has 0 radical (unpaired) electrons. The minimum absolute atomic E-state index is 0.0180. The number of benzene rings is 1. The number of aliphatic hydroxyl groups excluding tert-OH is 2. The zero-order valence-corrected chi connectivity index (χ0v) is 29.8. The molecule has 3 aromatic heterocycles. The second-order valence-electron chi connectivity index (χ2n) is 12.8. The van der Waals surface area contributed by atoms with Gasteiger partial charge in [0.2, 0.25) is 23.5 Å². The summed E-state index contributed by atoms with van der Waals surface area (Å²) in [6, 6.07) is 19.6. The van der Waals surface area contributed by atoms with Crippen molar-refractivity contribution >= 4 is 5.57 Å². The summed E-state index contributed by atoms with van der Waals surface area (Å²) < 4.78 is 23.9. The number of methoxy groups -OCH3 is 1. The zero-order chi connectivity index (χ0) is 36.8. The number of hydrogen-bond donors (Lipinski definition) is 4. The van der Waals surface area contributed by atoms with E-state index in [2.05, 4.69) is 70.9 Å². The predicted molar refractivity (Wildman–Crippen MR) is 197 cm³/mol. The second kappa shape index (κ2) is 18.8. The highest BCUT2D eigenvalue weighted by Crippen LogP contribution is 2.44. The number of nitrogens with zero attached hydrogens (tertiary/aromatic N) is 4. The van der Waals surface area contributed by atoms with Gasteiger partial charge in [0.05, 0.1) is 32.5 Å². The zero-order valence-electron chi connectivity index (χ0n) is 29.8. The molecule has 5 rings (SSSR count). The lowest BCUT2D eigenvalue weighted by Gasteiger charge is -2.37. The van der Waals surface area contributed by atoms with Gasteiger partial charge in [-0.25, -0.2) is 0 Å². The van der Waals surface area contributed by atoms with Crippen molar-refractivity contribution in [2.45, 2.75) is 40.2 Å². The summed E-state index contributed by atoms with van der Waals surface area (Å²) in [6.45, 7) is 7.34. The Hall–Kier alpha value is -5.32. The van der Waals surface area contributed by atoms with Crippen LogP contribution in [0.4, 0.5) is 0 Å². The number of aliphatic hydroxyl groups is 2. The number of nitriles is 1. The van der Waals surface area contributed by atoms with Gasteiger partial charge in [0.25, 0.3) is 0 Å². The molecule has 1 aliphatic rings. The highest BCUT2D eigenvalue weighted by molar-refractivity contribution is 5.73. The fraction of sp³-hybridized carbons (Fsp3) is 0.350. The van der Waals surface area contributed by atoms with Crippen molar-refractivity contribution in [1.29, 1.82) is 5.26 Å². The van der Waals surface area contributed by atoms with E-state index in [1.165, 1.54) is 11.8 Å². The van der Waals surface area contributed by atoms with Crippen LogP contribution in [0.3, 0.4) is 0 Å². The molecule has 12 nitrogen and oxygen atoms in total. The second-order valence-corrected chi connectivity index (χ2v) is 12.8. The van der Waals surface area contributed by atoms with Crippen LogP contribution in [0.15, 0.2) is 85.2 Å². The molecule has 0 bridgehead atoms. The minimum atomic E-state index is -0.269. The lowest BCUT2D eigenvalue weighted by Crippen LogP contribution is -2.31. The molecule has 0 saturated heterocycles. The van der Waals surface area contributed by atoms with E-state index in [9.17, 15) is 10.4 Å². The number of ether oxygens (including phenoxy) is 4. The van der Waals surface area contributed by atoms with E-state index in [1.807, 2.05) is 36.4 Å². The Morgan fingerprint density at radius 3 is 2.23 bits per heavy atom. The van der Waals surface area contributed by atoms with E-state index >= 15 is 0 Å². The third-order valence-corrected chi connectivity index (χ3v) is 8.79. The van der Waals surface area contributed by atoms with Gasteiger partial charge in [0, 0.05) is 73.3 Å². The maximum absolute atomic E-state index is 9.24. The van der Waals surface area contributed by atoms with Crippen LogP contribution in [-0.2, 0) is 26.3 Å². The number of aromatic nitrogens is 3. The van der Waals surface area contributed by atoms with Gasteiger partial charge in [0.1, 0.15) is 19.3 Å². The first-order valence-corrected chi connectivity index (χ1v) is 17.2. The van der Waals surface area contributed by atoms with Gasteiger partial charge in [-0.05, 0) is 46.4 Å². The third kappa shape index (κ3) is 10.1. The molecule has 0 spiro atoms. The predicted octanol–water partition coefficient (Wildman–Crippen LogP) is 4.75. The van der Waals surface area contributed by atoms with Crippen molar-refractivity contribution in [2.75, 3.05) is 40.0 Å². The van der Waals surface area contributed by atoms with Crippen LogP contribution < -0.4 is 29.6 Å². The van der Waals surface area contributed by atoms with Crippen LogP contribution >= 0.6 is 0 Å². The summed E-state index contributed by atoms with van der Waals surface area (Å²) in [4.78, 5) is 13.3.